The molecular formula is C18H10ClNS. The Bertz CT molecular complexity index is 1150. The summed E-state index contributed by atoms with van der Waals surface area (Å²) in [6.45, 7) is 0. The van der Waals surface area contributed by atoms with Crippen LogP contribution in [0.25, 0.3) is 42.0 Å². The van der Waals surface area contributed by atoms with Crippen LogP contribution in [0.15, 0.2) is 54.6 Å². The first-order valence-corrected chi connectivity index (χ1v) is 8.02. The topological polar surface area (TPSA) is 15.8 Å². The molecule has 0 spiro atoms. The minimum atomic E-state index is 0.765. The number of fused-ring (bicyclic) bond motifs is 7. The van der Waals surface area contributed by atoms with E-state index in [0.717, 1.165) is 10.5 Å². The molecule has 2 aromatic heterocycles. The van der Waals surface area contributed by atoms with Crippen LogP contribution in [0.5, 0.6) is 0 Å². The highest BCUT2D eigenvalue weighted by Crippen LogP contribution is 2.40. The lowest BCUT2D eigenvalue weighted by atomic mass is 10.1. The molecule has 1 nitrogen and oxygen atoms in total. The number of rotatable bonds is 0. The number of halogens is 1. The van der Waals surface area contributed by atoms with Crippen molar-refractivity contribution in [3.05, 3.63) is 59.6 Å². The van der Waals surface area contributed by atoms with Gasteiger partial charge >= 0.3 is 0 Å². The van der Waals surface area contributed by atoms with E-state index < -0.39 is 0 Å². The third kappa shape index (κ3) is 1.52. The van der Waals surface area contributed by atoms with Crippen molar-refractivity contribution in [3.63, 3.8) is 0 Å². The second kappa shape index (κ2) is 4.00. The molecule has 5 rings (SSSR count). The molecule has 5 aromatic rings. The maximum absolute atomic E-state index is 6.11. The van der Waals surface area contributed by atoms with Gasteiger partial charge in [0.05, 0.1) is 10.2 Å². The Kier molecular flexibility index (Phi) is 2.21. The van der Waals surface area contributed by atoms with Gasteiger partial charge in [-0.2, -0.15) is 0 Å². The smallest absolute Gasteiger partial charge is 0.0646 e. The van der Waals surface area contributed by atoms with Crippen molar-refractivity contribution in [1.29, 1.82) is 0 Å². The predicted octanol–water partition coefficient (Wildman–Crippen LogP) is 6.34. The molecule has 0 amide bonds. The highest BCUT2D eigenvalue weighted by Gasteiger charge is 2.11. The molecule has 0 saturated heterocycles. The zero-order chi connectivity index (χ0) is 14.0. The van der Waals surface area contributed by atoms with Crippen molar-refractivity contribution in [2.45, 2.75) is 0 Å². The van der Waals surface area contributed by atoms with Crippen LogP contribution in [0.4, 0.5) is 0 Å². The van der Waals surface area contributed by atoms with E-state index >= 15 is 0 Å². The highest BCUT2D eigenvalue weighted by molar-refractivity contribution is 7.26. The Labute approximate surface area is 129 Å². The first-order valence-electron chi connectivity index (χ1n) is 6.82. The summed E-state index contributed by atoms with van der Waals surface area (Å²) in [5, 5.41) is 5.91. The third-order valence-electron chi connectivity index (χ3n) is 4.08. The van der Waals surface area contributed by atoms with Gasteiger partial charge in [-0.1, -0.05) is 48.0 Å². The summed E-state index contributed by atoms with van der Waals surface area (Å²) >= 11 is 7.96. The van der Waals surface area contributed by atoms with Crippen molar-refractivity contribution < 1.29 is 0 Å². The standard InChI is InChI=1S/C18H10ClNS/c19-10-5-6-11-13-7-8-14-12-3-1-2-4-16(12)21-18(14)17(13)20-15(11)9-10/h1-9,20H. The van der Waals surface area contributed by atoms with Crippen LogP contribution in [-0.4, -0.2) is 4.98 Å². The fourth-order valence-corrected chi connectivity index (χ4v) is 4.50. The summed E-state index contributed by atoms with van der Waals surface area (Å²) in [7, 11) is 0. The zero-order valence-corrected chi connectivity index (χ0v) is 12.6. The van der Waals surface area contributed by atoms with Crippen molar-refractivity contribution >= 4 is 64.9 Å². The van der Waals surface area contributed by atoms with Gasteiger partial charge in [-0.3, -0.25) is 0 Å². The number of nitrogens with one attached hydrogen (secondary N) is 1. The molecule has 2 heterocycles. The second-order valence-electron chi connectivity index (χ2n) is 5.28. The molecule has 3 heteroatoms. The average Bonchev–Trinajstić information content (AvgIpc) is 3.04. The second-order valence-corrected chi connectivity index (χ2v) is 6.77. The summed E-state index contributed by atoms with van der Waals surface area (Å²) in [4.78, 5) is 3.55. The van der Waals surface area contributed by atoms with Crippen LogP contribution in [0.1, 0.15) is 0 Å². The number of benzene rings is 3. The molecule has 100 valence electrons. The molecule has 0 radical (unpaired) electrons. The Balaban J connectivity index is 2.06. The summed E-state index contributed by atoms with van der Waals surface area (Å²) in [6, 6.07) is 19.1. The molecule has 0 fully saturated rings. The summed E-state index contributed by atoms with van der Waals surface area (Å²) in [5.74, 6) is 0. The van der Waals surface area contributed by atoms with E-state index in [-0.39, 0.29) is 0 Å². The molecule has 0 unspecified atom stereocenters. The van der Waals surface area contributed by atoms with Gasteiger partial charge < -0.3 is 4.98 Å². The van der Waals surface area contributed by atoms with Crippen molar-refractivity contribution in [2.75, 3.05) is 0 Å². The quantitative estimate of drug-likeness (QED) is 0.343. The van der Waals surface area contributed by atoms with Crippen molar-refractivity contribution in [2.24, 2.45) is 0 Å². The van der Waals surface area contributed by atoms with E-state index in [4.69, 9.17) is 11.6 Å². The van der Waals surface area contributed by atoms with Crippen LogP contribution in [0.2, 0.25) is 5.02 Å². The van der Waals surface area contributed by atoms with Gasteiger partial charge in [0.2, 0.25) is 0 Å². The molecule has 0 atom stereocenters. The lowest BCUT2D eigenvalue weighted by molar-refractivity contribution is 1.57. The largest absolute Gasteiger partial charge is 0.353 e. The van der Waals surface area contributed by atoms with Crippen LogP contribution >= 0.6 is 22.9 Å². The molecule has 0 aliphatic heterocycles. The Hall–Kier alpha value is -2.03. The van der Waals surface area contributed by atoms with E-state index in [2.05, 4.69) is 47.4 Å². The molecule has 21 heavy (non-hydrogen) atoms. The van der Waals surface area contributed by atoms with Crippen LogP contribution in [0, 0.1) is 0 Å². The highest BCUT2D eigenvalue weighted by atomic mass is 35.5. The van der Waals surface area contributed by atoms with Crippen LogP contribution < -0.4 is 0 Å². The maximum atomic E-state index is 6.11. The fourth-order valence-electron chi connectivity index (χ4n) is 3.13. The van der Waals surface area contributed by atoms with E-state index in [1.54, 1.807) is 0 Å². The first-order chi connectivity index (χ1) is 10.3. The molecule has 1 N–H and O–H groups in total. The molecule has 0 saturated carbocycles. The van der Waals surface area contributed by atoms with E-state index in [1.165, 1.54) is 36.5 Å². The molecule has 3 aromatic carbocycles. The summed E-state index contributed by atoms with van der Waals surface area (Å²) in [6.07, 6.45) is 0. The number of hydrogen-bond acceptors (Lipinski definition) is 1. The number of H-pyrrole nitrogens is 1. The van der Waals surface area contributed by atoms with Gasteiger partial charge in [-0.25, -0.2) is 0 Å². The average molecular weight is 308 g/mol. The normalized spacial score (nSPS) is 12.0. The lowest BCUT2D eigenvalue weighted by Crippen LogP contribution is -1.69. The summed E-state index contributed by atoms with van der Waals surface area (Å²) < 4.78 is 2.65. The van der Waals surface area contributed by atoms with Crippen LogP contribution in [0.3, 0.4) is 0 Å². The van der Waals surface area contributed by atoms with E-state index in [0.29, 0.717) is 0 Å². The Morgan fingerprint density at radius 2 is 1.62 bits per heavy atom. The third-order valence-corrected chi connectivity index (χ3v) is 5.52. The zero-order valence-electron chi connectivity index (χ0n) is 11.0. The van der Waals surface area contributed by atoms with Gasteiger partial charge in [0.25, 0.3) is 0 Å². The van der Waals surface area contributed by atoms with Gasteiger partial charge in [-0.05, 0) is 18.2 Å². The monoisotopic (exact) mass is 307 g/mol. The summed E-state index contributed by atoms with van der Waals surface area (Å²) in [5.41, 5.74) is 2.31. The number of aromatic nitrogens is 1. The fraction of sp³-hybridized carbons (Fsp3) is 0. The maximum Gasteiger partial charge on any atom is 0.0646 e. The van der Waals surface area contributed by atoms with Crippen LogP contribution in [-0.2, 0) is 0 Å². The minimum Gasteiger partial charge on any atom is -0.353 e. The van der Waals surface area contributed by atoms with Gasteiger partial charge in [0.1, 0.15) is 0 Å². The lowest BCUT2D eigenvalue weighted by Gasteiger charge is -1.94. The van der Waals surface area contributed by atoms with Crippen molar-refractivity contribution in [3.8, 4) is 0 Å². The Morgan fingerprint density at radius 1 is 0.810 bits per heavy atom. The van der Waals surface area contributed by atoms with Crippen molar-refractivity contribution in [1.82, 2.24) is 4.98 Å². The van der Waals surface area contributed by atoms with Gasteiger partial charge in [0.15, 0.2) is 0 Å². The molecule has 0 bridgehead atoms. The van der Waals surface area contributed by atoms with E-state index in [1.807, 2.05) is 23.5 Å². The SMILES string of the molecule is Clc1ccc2c(c1)[nH]c1c2ccc2c3ccccc3sc21. The van der Waals surface area contributed by atoms with Gasteiger partial charge in [0, 0.05) is 36.8 Å². The molecular weight excluding hydrogens is 298 g/mol. The predicted molar refractivity (Wildman–Crippen MR) is 93.7 cm³/mol. The molecule has 0 aliphatic rings. The number of thiophene rings is 1. The number of aromatic amines is 1. The van der Waals surface area contributed by atoms with Gasteiger partial charge in [-0.15, -0.1) is 11.3 Å². The first kappa shape index (κ1) is 11.6. The number of hydrogen-bond donors (Lipinski definition) is 1. The van der Waals surface area contributed by atoms with E-state index in [9.17, 15) is 0 Å². The minimum absolute atomic E-state index is 0.765. The Morgan fingerprint density at radius 3 is 2.57 bits per heavy atom. The molecule has 0 aliphatic carbocycles.